The Kier molecular flexibility index (Phi) is 10.9. The highest BCUT2D eigenvalue weighted by Gasteiger charge is 2.30. The van der Waals surface area contributed by atoms with Gasteiger partial charge in [0.15, 0.2) is 24.7 Å². The van der Waals surface area contributed by atoms with Crippen LogP contribution in [0.15, 0.2) is 106 Å². The lowest BCUT2D eigenvalue weighted by Crippen LogP contribution is -2.47. The molecule has 6 nitrogen and oxygen atoms in total. The van der Waals surface area contributed by atoms with Gasteiger partial charge in [0.1, 0.15) is 5.71 Å². The summed E-state index contributed by atoms with van der Waals surface area (Å²) in [7, 11) is -5.74. The van der Waals surface area contributed by atoms with Crippen molar-refractivity contribution in [1.82, 2.24) is 0 Å². The zero-order valence-electron chi connectivity index (χ0n) is 27.6. The van der Waals surface area contributed by atoms with Gasteiger partial charge in [-0.1, -0.05) is 61.5 Å². The van der Waals surface area contributed by atoms with Gasteiger partial charge >= 0.3 is 0 Å². The minimum Gasteiger partial charge on any atom is -0.295 e. The lowest BCUT2D eigenvalue weighted by Gasteiger charge is -2.35. The van der Waals surface area contributed by atoms with E-state index in [4.69, 9.17) is 15.3 Å². The molecular formula is C33H50N6Si3. The van der Waals surface area contributed by atoms with Crippen LogP contribution in [0.1, 0.15) is 20.3 Å². The van der Waals surface area contributed by atoms with Crippen molar-refractivity contribution < 1.29 is 0 Å². The predicted octanol–water partition coefficient (Wildman–Crippen LogP) is 9.51. The summed E-state index contributed by atoms with van der Waals surface area (Å²) >= 11 is 0. The van der Waals surface area contributed by atoms with Crippen molar-refractivity contribution in [2.45, 2.75) is 79.2 Å². The maximum atomic E-state index is 5.47. The van der Waals surface area contributed by atoms with Crippen molar-refractivity contribution >= 4 is 58.9 Å². The molecule has 0 aromatic heterocycles. The highest BCUT2D eigenvalue weighted by Crippen LogP contribution is 2.26. The van der Waals surface area contributed by atoms with Crippen LogP contribution in [0.2, 0.25) is 58.9 Å². The van der Waals surface area contributed by atoms with E-state index in [1.165, 1.54) is 0 Å². The molecule has 3 aromatic rings. The van der Waals surface area contributed by atoms with E-state index in [9.17, 15) is 0 Å². The highest BCUT2D eigenvalue weighted by molar-refractivity contribution is 6.82. The first-order chi connectivity index (χ1) is 19.6. The van der Waals surface area contributed by atoms with Gasteiger partial charge in [-0.15, -0.1) is 0 Å². The molecule has 0 radical (unpaired) electrons. The molecule has 0 spiro atoms. The smallest absolute Gasteiger partial charge is 0.176 e. The molecule has 0 heterocycles. The third-order valence-corrected chi connectivity index (χ3v) is 11.4. The molecule has 0 aliphatic rings. The molecule has 9 heteroatoms. The molecule has 0 aliphatic heterocycles. The Hall–Kier alpha value is -3.28. The molecule has 224 valence electrons. The molecular weight excluding hydrogens is 565 g/mol. The van der Waals surface area contributed by atoms with Crippen LogP contribution in [0.4, 0.5) is 17.1 Å². The van der Waals surface area contributed by atoms with E-state index >= 15 is 0 Å². The van der Waals surface area contributed by atoms with Gasteiger partial charge in [-0.2, -0.15) is 15.3 Å². The first kappa shape index (κ1) is 33.2. The van der Waals surface area contributed by atoms with E-state index in [1.807, 2.05) is 0 Å². The van der Waals surface area contributed by atoms with Crippen LogP contribution >= 0.6 is 0 Å². The molecule has 0 aliphatic carbocycles. The van der Waals surface area contributed by atoms with Gasteiger partial charge in [-0.25, -0.2) is 0 Å². The number of rotatable bonds is 12. The number of nitrogens with zero attached hydrogens (tertiary/aromatic N) is 6. The molecule has 42 heavy (non-hydrogen) atoms. The Bertz CT molecular complexity index is 1370. The van der Waals surface area contributed by atoms with Gasteiger partial charge in [0, 0.05) is 17.1 Å². The number of para-hydroxylation sites is 3. The van der Waals surface area contributed by atoms with Crippen LogP contribution in [0.5, 0.6) is 0 Å². The van der Waals surface area contributed by atoms with Crippen LogP contribution in [0.3, 0.4) is 0 Å². The van der Waals surface area contributed by atoms with Crippen molar-refractivity contribution in [3.63, 3.8) is 0 Å². The topological polar surface area (TPSA) is 46.8 Å². The Morgan fingerprint density at radius 3 is 1.12 bits per heavy atom. The molecule has 0 saturated carbocycles. The summed E-state index contributed by atoms with van der Waals surface area (Å²) in [4.78, 5) is 0. The minimum absolute atomic E-state index is 0.728. The SMILES string of the molecule is CCC(=NN(c1ccccc1)[Si](C)(C)C)C(=NN(c1ccccc1)[Si](C)(C)C)C(C)=NN(c1ccccc1)[Si](C)(C)C. The van der Waals surface area contributed by atoms with Crippen LogP contribution in [-0.4, -0.2) is 41.8 Å². The lowest BCUT2D eigenvalue weighted by molar-refractivity contribution is 1.09. The second kappa shape index (κ2) is 13.8. The predicted molar refractivity (Wildman–Crippen MR) is 195 cm³/mol. The fraction of sp³-hybridized carbons (Fsp3) is 0.364. The molecule has 0 fully saturated rings. The van der Waals surface area contributed by atoms with Gasteiger partial charge < -0.3 is 0 Å². The molecule has 0 amide bonds. The molecule has 0 saturated heterocycles. The maximum Gasteiger partial charge on any atom is 0.176 e. The largest absolute Gasteiger partial charge is 0.295 e. The second-order valence-corrected chi connectivity index (χ2v) is 27.8. The molecule has 0 unspecified atom stereocenters. The quantitative estimate of drug-likeness (QED) is 0.116. The monoisotopic (exact) mass is 614 g/mol. The fourth-order valence-electron chi connectivity index (χ4n) is 4.54. The number of hydrogen-bond donors (Lipinski definition) is 0. The molecule has 0 bridgehead atoms. The van der Waals surface area contributed by atoms with E-state index in [1.54, 1.807) is 0 Å². The van der Waals surface area contributed by atoms with Crippen LogP contribution in [0.25, 0.3) is 0 Å². The van der Waals surface area contributed by atoms with Crippen LogP contribution in [0, 0.1) is 0 Å². The first-order valence-corrected chi connectivity index (χ1v) is 25.2. The third kappa shape index (κ3) is 8.86. The average Bonchev–Trinajstić information content (AvgIpc) is 2.92. The average molecular weight is 615 g/mol. The maximum absolute atomic E-state index is 5.47. The van der Waals surface area contributed by atoms with Gasteiger partial charge in [-0.05, 0) is 109 Å². The van der Waals surface area contributed by atoms with Crippen LogP contribution < -0.4 is 14.0 Å². The summed E-state index contributed by atoms with van der Waals surface area (Å²) in [6.45, 7) is 25.2. The van der Waals surface area contributed by atoms with Crippen LogP contribution in [-0.2, 0) is 0 Å². The van der Waals surface area contributed by atoms with Crippen molar-refractivity contribution in [2.75, 3.05) is 14.0 Å². The number of hydrogen-bond acceptors (Lipinski definition) is 6. The first-order valence-electron chi connectivity index (χ1n) is 14.9. The molecule has 3 rings (SSSR count). The lowest BCUT2D eigenvalue weighted by atomic mass is 10.1. The zero-order chi connectivity index (χ0) is 31.1. The van der Waals surface area contributed by atoms with Gasteiger partial charge in [0.25, 0.3) is 0 Å². The summed E-state index contributed by atoms with van der Waals surface area (Å²) < 4.78 is 6.73. The Labute approximate surface area is 257 Å². The van der Waals surface area contributed by atoms with E-state index in [0.29, 0.717) is 0 Å². The third-order valence-electron chi connectivity index (χ3n) is 6.53. The van der Waals surface area contributed by atoms with Crippen molar-refractivity contribution in [1.29, 1.82) is 0 Å². The molecule has 0 N–H and O–H groups in total. The minimum atomic E-state index is -1.95. The standard InChI is InChI=1S/C33H50N6Si3/c1-12-32(35-38(41(6,7)8)30-24-18-14-19-25-30)33(36-39(42(9,10)11)31-26-20-15-21-27-31)28(2)34-37(40(3,4)5)29-22-16-13-17-23-29/h13-27H,12H2,1-11H3. The fourth-order valence-corrected chi connectivity index (χ4v) is 8.58. The van der Waals surface area contributed by atoms with Gasteiger partial charge in [0.05, 0.1) is 11.4 Å². The number of benzene rings is 3. The normalized spacial score (nSPS) is 13.6. The summed E-state index contributed by atoms with van der Waals surface area (Å²) in [5, 5.41) is 16.2. The van der Waals surface area contributed by atoms with Crippen molar-refractivity contribution in [2.24, 2.45) is 15.3 Å². The van der Waals surface area contributed by atoms with Gasteiger partial charge in [0.2, 0.25) is 0 Å². The second-order valence-electron chi connectivity index (χ2n) is 13.5. The summed E-state index contributed by atoms with van der Waals surface area (Å²) in [5.74, 6) is 0. The van der Waals surface area contributed by atoms with E-state index in [-0.39, 0.29) is 0 Å². The van der Waals surface area contributed by atoms with Gasteiger partial charge in [-0.3, -0.25) is 14.0 Å². The summed E-state index contributed by atoms with van der Waals surface area (Å²) in [5.41, 5.74) is 5.93. The Balaban J connectivity index is 2.32. The Morgan fingerprint density at radius 2 is 0.810 bits per heavy atom. The highest BCUT2D eigenvalue weighted by atomic mass is 28.3. The molecule has 0 atom stereocenters. The summed E-state index contributed by atoms with van der Waals surface area (Å²) in [6.07, 6.45) is 0.728. The summed E-state index contributed by atoms with van der Waals surface area (Å²) in [6, 6.07) is 31.5. The van der Waals surface area contributed by atoms with E-state index < -0.39 is 24.7 Å². The van der Waals surface area contributed by atoms with Crippen molar-refractivity contribution in [3.8, 4) is 0 Å². The van der Waals surface area contributed by atoms with E-state index in [0.717, 1.165) is 40.6 Å². The zero-order valence-corrected chi connectivity index (χ0v) is 30.6. The number of hydrazone groups is 3. The van der Waals surface area contributed by atoms with E-state index in [2.05, 4.69) is 178 Å². The van der Waals surface area contributed by atoms with Crippen molar-refractivity contribution in [3.05, 3.63) is 91.0 Å². The number of anilines is 3. The molecule has 3 aromatic carbocycles. The Morgan fingerprint density at radius 1 is 0.500 bits per heavy atom.